The molecule has 0 aliphatic carbocycles. The standard InChI is InChI=1S/C17H14ClFN2O3/c1-23-15-8-16(24-2)14(7-12(15)18)21-9-13(20-17(21)22)10-3-5-11(19)6-4-10/h3-9H,1-2H3,(H,20,22). The number of H-pyrrole nitrogens is 1. The Hall–Kier alpha value is -2.73. The van der Waals surface area contributed by atoms with E-state index in [-0.39, 0.29) is 11.5 Å². The zero-order valence-corrected chi connectivity index (χ0v) is 13.7. The fourth-order valence-electron chi connectivity index (χ4n) is 2.38. The summed E-state index contributed by atoms with van der Waals surface area (Å²) in [6, 6.07) is 9.02. The number of hydrogen-bond donors (Lipinski definition) is 1. The van der Waals surface area contributed by atoms with Gasteiger partial charge in [-0.05, 0) is 35.9 Å². The van der Waals surface area contributed by atoms with Gasteiger partial charge in [-0.3, -0.25) is 4.57 Å². The summed E-state index contributed by atoms with van der Waals surface area (Å²) in [4.78, 5) is 15.1. The maximum atomic E-state index is 13.0. The zero-order chi connectivity index (χ0) is 17.3. The topological polar surface area (TPSA) is 56.2 Å². The molecule has 24 heavy (non-hydrogen) atoms. The molecule has 1 aromatic heterocycles. The van der Waals surface area contributed by atoms with Crippen molar-refractivity contribution in [3.8, 4) is 28.4 Å². The lowest BCUT2D eigenvalue weighted by molar-refractivity contribution is 0.393. The quantitative estimate of drug-likeness (QED) is 0.783. The molecule has 3 rings (SSSR count). The Morgan fingerprint density at radius 1 is 1.08 bits per heavy atom. The van der Waals surface area contributed by atoms with Gasteiger partial charge in [0, 0.05) is 12.3 Å². The van der Waals surface area contributed by atoms with E-state index in [1.807, 2.05) is 0 Å². The highest BCUT2D eigenvalue weighted by atomic mass is 35.5. The molecule has 0 amide bonds. The molecule has 3 aromatic rings. The first kappa shape index (κ1) is 16.1. The Morgan fingerprint density at radius 2 is 1.75 bits per heavy atom. The second-order valence-corrected chi connectivity index (χ2v) is 5.42. The van der Waals surface area contributed by atoms with Crippen molar-refractivity contribution >= 4 is 11.6 Å². The van der Waals surface area contributed by atoms with Gasteiger partial charge in [-0.15, -0.1) is 0 Å². The number of imidazole rings is 1. The number of hydrogen-bond acceptors (Lipinski definition) is 3. The average molecular weight is 349 g/mol. The van der Waals surface area contributed by atoms with E-state index in [1.54, 1.807) is 30.5 Å². The molecule has 0 saturated heterocycles. The summed E-state index contributed by atoms with van der Waals surface area (Å²) in [5.74, 6) is 0.534. The fourth-order valence-corrected chi connectivity index (χ4v) is 2.62. The van der Waals surface area contributed by atoms with Crippen LogP contribution in [0.4, 0.5) is 4.39 Å². The van der Waals surface area contributed by atoms with Gasteiger partial charge < -0.3 is 14.5 Å². The minimum absolute atomic E-state index is 0.343. The lowest BCUT2D eigenvalue weighted by atomic mass is 10.2. The number of methoxy groups -OCH3 is 2. The summed E-state index contributed by atoms with van der Waals surface area (Å²) in [6.07, 6.45) is 1.61. The maximum Gasteiger partial charge on any atom is 0.330 e. The van der Waals surface area contributed by atoms with Crippen molar-refractivity contribution in [3.05, 3.63) is 63.9 Å². The Bertz CT molecular complexity index is 932. The van der Waals surface area contributed by atoms with Crippen molar-refractivity contribution in [1.82, 2.24) is 9.55 Å². The van der Waals surface area contributed by atoms with Crippen LogP contribution in [0.15, 0.2) is 47.4 Å². The van der Waals surface area contributed by atoms with Crippen molar-refractivity contribution < 1.29 is 13.9 Å². The molecular weight excluding hydrogens is 335 g/mol. The minimum atomic E-state index is -0.367. The average Bonchev–Trinajstić information content (AvgIpc) is 2.97. The molecule has 0 spiro atoms. The second kappa shape index (κ2) is 6.41. The molecule has 124 valence electrons. The Kier molecular flexibility index (Phi) is 4.31. The fraction of sp³-hybridized carbons (Fsp3) is 0.118. The monoisotopic (exact) mass is 348 g/mol. The van der Waals surface area contributed by atoms with Crippen LogP contribution in [0.2, 0.25) is 5.02 Å². The Morgan fingerprint density at radius 3 is 2.38 bits per heavy atom. The van der Waals surface area contributed by atoms with Crippen LogP contribution in [0.3, 0.4) is 0 Å². The number of benzene rings is 2. The third-order valence-corrected chi connectivity index (χ3v) is 3.88. The van der Waals surface area contributed by atoms with Crippen LogP contribution in [0.1, 0.15) is 0 Å². The van der Waals surface area contributed by atoms with E-state index in [0.717, 1.165) is 0 Å². The van der Waals surface area contributed by atoms with Gasteiger partial charge in [0.15, 0.2) is 0 Å². The van der Waals surface area contributed by atoms with Gasteiger partial charge in [0.05, 0.1) is 30.6 Å². The highest BCUT2D eigenvalue weighted by Gasteiger charge is 2.15. The second-order valence-electron chi connectivity index (χ2n) is 5.01. The van der Waals surface area contributed by atoms with Gasteiger partial charge in [0.1, 0.15) is 17.3 Å². The van der Waals surface area contributed by atoms with Crippen LogP contribution >= 0.6 is 11.6 Å². The Labute approximate surface area is 142 Å². The number of aromatic amines is 1. The number of nitrogens with zero attached hydrogens (tertiary/aromatic N) is 1. The van der Waals surface area contributed by atoms with E-state index in [4.69, 9.17) is 21.1 Å². The molecule has 1 N–H and O–H groups in total. The number of aromatic nitrogens is 2. The predicted octanol–water partition coefficient (Wildman–Crippen LogP) is 3.64. The highest BCUT2D eigenvalue weighted by Crippen LogP contribution is 2.34. The molecule has 0 aliphatic heterocycles. The first-order valence-electron chi connectivity index (χ1n) is 7.03. The molecule has 0 saturated carbocycles. The van der Waals surface area contributed by atoms with Gasteiger partial charge in [-0.2, -0.15) is 0 Å². The predicted molar refractivity (Wildman–Crippen MR) is 89.9 cm³/mol. The molecule has 1 heterocycles. The molecule has 0 atom stereocenters. The first-order valence-corrected chi connectivity index (χ1v) is 7.40. The summed E-state index contributed by atoms with van der Waals surface area (Å²) in [5, 5.41) is 0.352. The van der Waals surface area contributed by atoms with Gasteiger partial charge in [0.25, 0.3) is 0 Å². The smallest absolute Gasteiger partial charge is 0.330 e. The number of rotatable bonds is 4. The molecule has 0 aliphatic rings. The van der Waals surface area contributed by atoms with Crippen molar-refractivity contribution in [2.45, 2.75) is 0 Å². The van der Waals surface area contributed by atoms with Crippen molar-refractivity contribution in [1.29, 1.82) is 0 Å². The molecule has 0 bridgehead atoms. The minimum Gasteiger partial charge on any atom is -0.495 e. The first-order chi connectivity index (χ1) is 11.5. The normalized spacial score (nSPS) is 10.7. The molecule has 0 fully saturated rings. The number of ether oxygens (including phenoxy) is 2. The highest BCUT2D eigenvalue weighted by molar-refractivity contribution is 6.32. The van der Waals surface area contributed by atoms with E-state index >= 15 is 0 Å². The summed E-state index contributed by atoms with van der Waals surface area (Å²) >= 11 is 6.15. The Balaban J connectivity index is 2.12. The largest absolute Gasteiger partial charge is 0.495 e. The van der Waals surface area contributed by atoms with Gasteiger partial charge in [-0.1, -0.05) is 11.6 Å². The summed E-state index contributed by atoms with van der Waals surface area (Å²) in [5.41, 5.74) is 1.34. The van der Waals surface area contributed by atoms with E-state index < -0.39 is 0 Å². The summed E-state index contributed by atoms with van der Waals surface area (Å²) in [7, 11) is 2.99. The van der Waals surface area contributed by atoms with E-state index in [0.29, 0.717) is 33.5 Å². The molecule has 7 heteroatoms. The van der Waals surface area contributed by atoms with Crippen LogP contribution in [-0.4, -0.2) is 23.8 Å². The van der Waals surface area contributed by atoms with Crippen LogP contribution in [0.25, 0.3) is 16.9 Å². The maximum absolute atomic E-state index is 13.0. The number of nitrogens with one attached hydrogen (secondary N) is 1. The van der Waals surface area contributed by atoms with Crippen LogP contribution in [-0.2, 0) is 0 Å². The summed E-state index contributed by atoms with van der Waals surface area (Å²) in [6.45, 7) is 0. The van der Waals surface area contributed by atoms with E-state index in [2.05, 4.69) is 4.98 Å². The summed E-state index contributed by atoms with van der Waals surface area (Å²) < 4.78 is 24.9. The zero-order valence-electron chi connectivity index (χ0n) is 13.0. The van der Waals surface area contributed by atoms with Crippen LogP contribution in [0, 0.1) is 5.82 Å². The van der Waals surface area contributed by atoms with Crippen molar-refractivity contribution in [2.75, 3.05) is 14.2 Å². The molecule has 0 radical (unpaired) electrons. The lowest BCUT2D eigenvalue weighted by Gasteiger charge is -2.11. The lowest BCUT2D eigenvalue weighted by Crippen LogP contribution is -2.15. The van der Waals surface area contributed by atoms with Crippen LogP contribution in [0.5, 0.6) is 11.5 Å². The van der Waals surface area contributed by atoms with E-state index in [1.165, 1.54) is 30.9 Å². The third kappa shape index (κ3) is 2.88. The van der Waals surface area contributed by atoms with E-state index in [9.17, 15) is 9.18 Å². The molecule has 2 aromatic carbocycles. The van der Waals surface area contributed by atoms with Crippen molar-refractivity contribution in [2.24, 2.45) is 0 Å². The van der Waals surface area contributed by atoms with Gasteiger partial charge in [0.2, 0.25) is 0 Å². The molecule has 5 nitrogen and oxygen atoms in total. The van der Waals surface area contributed by atoms with Gasteiger partial charge >= 0.3 is 5.69 Å². The van der Waals surface area contributed by atoms with Crippen LogP contribution < -0.4 is 15.2 Å². The number of halogens is 2. The molecular formula is C17H14ClFN2O3. The van der Waals surface area contributed by atoms with Gasteiger partial charge in [-0.25, -0.2) is 9.18 Å². The van der Waals surface area contributed by atoms with Crippen molar-refractivity contribution in [3.63, 3.8) is 0 Å². The third-order valence-electron chi connectivity index (χ3n) is 3.59. The SMILES string of the molecule is COc1cc(OC)c(-n2cc(-c3ccc(F)cc3)[nH]c2=O)cc1Cl. The molecule has 0 unspecified atom stereocenters.